The number of carbonyl (C=O) groups excluding carboxylic acids is 3. The third-order valence-electron chi connectivity index (χ3n) is 7.51. The van der Waals surface area contributed by atoms with Crippen molar-refractivity contribution in [2.45, 2.75) is 51.0 Å². The van der Waals surface area contributed by atoms with Gasteiger partial charge in [0.1, 0.15) is 0 Å². The minimum Gasteiger partial charge on any atom is -0.326 e. The largest absolute Gasteiger partial charge is 0.326 e. The second-order valence-electron chi connectivity index (χ2n) is 8.93. The van der Waals surface area contributed by atoms with Crippen molar-refractivity contribution >= 4 is 39.3 Å². The van der Waals surface area contributed by atoms with Crippen molar-refractivity contribution in [2.24, 2.45) is 29.6 Å². The smallest absolute Gasteiger partial charge is 0.233 e. The van der Waals surface area contributed by atoms with Crippen LogP contribution in [0, 0.1) is 29.6 Å². The normalized spacial score (nSPS) is 36.7. The van der Waals surface area contributed by atoms with E-state index in [1.807, 2.05) is 24.3 Å². The van der Waals surface area contributed by atoms with Gasteiger partial charge in [0.05, 0.1) is 11.8 Å². The van der Waals surface area contributed by atoms with Gasteiger partial charge in [0.25, 0.3) is 0 Å². The Labute approximate surface area is 173 Å². The molecule has 3 amide bonds. The molecular formula is C22H25BrN2O3. The SMILES string of the molecule is O=C(Nc1ccc(Br)cc1)C1CCC(N2C(=O)[C@@H]3[C@H]4CC[C@@H](C4)[C@H]3C2=O)CC1. The van der Waals surface area contributed by atoms with Crippen molar-refractivity contribution < 1.29 is 14.4 Å². The van der Waals surface area contributed by atoms with Gasteiger partial charge in [-0.25, -0.2) is 0 Å². The Balaban J connectivity index is 1.20. The molecule has 1 saturated heterocycles. The molecule has 3 aliphatic carbocycles. The first kappa shape index (κ1) is 18.3. The Morgan fingerprint density at radius 1 is 0.893 bits per heavy atom. The van der Waals surface area contributed by atoms with Crippen LogP contribution >= 0.6 is 15.9 Å². The lowest BCUT2D eigenvalue weighted by molar-refractivity contribution is -0.144. The van der Waals surface area contributed by atoms with E-state index in [1.54, 1.807) is 4.90 Å². The van der Waals surface area contributed by atoms with Gasteiger partial charge in [0, 0.05) is 22.1 Å². The van der Waals surface area contributed by atoms with E-state index in [-0.39, 0.29) is 41.5 Å². The molecule has 1 N–H and O–H groups in total. The molecule has 1 heterocycles. The predicted molar refractivity (Wildman–Crippen MR) is 108 cm³/mol. The van der Waals surface area contributed by atoms with Gasteiger partial charge >= 0.3 is 0 Å². The van der Waals surface area contributed by atoms with E-state index in [0.29, 0.717) is 11.8 Å². The van der Waals surface area contributed by atoms with Crippen LogP contribution < -0.4 is 5.32 Å². The van der Waals surface area contributed by atoms with Gasteiger partial charge in [0.2, 0.25) is 17.7 Å². The third kappa shape index (κ3) is 2.92. The summed E-state index contributed by atoms with van der Waals surface area (Å²) in [4.78, 5) is 40.2. The lowest BCUT2D eigenvalue weighted by atomic mass is 9.81. The molecule has 4 atom stereocenters. The Hall–Kier alpha value is -1.69. The van der Waals surface area contributed by atoms with Crippen molar-refractivity contribution in [3.8, 4) is 0 Å². The maximum atomic E-state index is 13.0. The van der Waals surface area contributed by atoms with Crippen LogP contribution in [0.2, 0.25) is 0 Å². The van der Waals surface area contributed by atoms with Gasteiger partial charge in [-0.1, -0.05) is 15.9 Å². The number of benzene rings is 1. The highest BCUT2D eigenvalue weighted by molar-refractivity contribution is 9.10. The lowest BCUT2D eigenvalue weighted by Crippen LogP contribution is -2.44. The number of anilines is 1. The number of rotatable bonds is 3. The summed E-state index contributed by atoms with van der Waals surface area (Å²) < 4.78 is 0.976. The Bertz CT molecular complexity index is 788. The van der Waals surface area contributed by atoms with Gasteiger partial charge in [-0.2, -0.15) is 0 Å². The highest BCUT2D eigenvalue weighted by Crippen LogP contribution is 2.56. The molecule has 2 bridgehead atoms. The molecule has 1 aromatic rings. The zero-order valence-corrected chi connectivity index (χ0v) is 17.4. The summed E-state index contributed by atoms with van der Waals surface area (Å²) in [5.74, 6) is 0.955. The molecule has 1 aromatic carbocycles. The number of nitrogens with zero attached hydrogens (tertiary/aromatic N) is 1. The summed E-state index contributed by atoms with van der Waals surface area (Å²) >= 11 is 3.39. The fraction of sp³-hybridized carbons (Fsp3) is 0.591. The molecule has 0 spiro atoms. The molecular weight excluding hydrogens is 420 g/mol. The topological polar surface area (TPSA) is 66.5 Å². The van der Waals surface area contributed by atoms with Crippen LogP contribution in [0.1, 0.15) is 44.9 Å². The van der Waals surface area contributed by atoms with Crippen LogP contribution in [0.15, 0.2) is 28.7 Å². The van der Waals surface area contributed by atoms with E-state index in [9.17, 15) is 14.4 Å². The Kier molecular flexibility index (Phi) is 4.57. The van der Waals surface area contributed by atoms with E-state index in [2.05, 4.69) is 21.2 Å². The van der Waals surface area contributed by atoms with Gasteiger partial charge in [-0.3, -0.25) is 19.3 Å². The highest BCUT2D eigenvalue weighted by atomic mass is 79.9. The first-order valence-corrected chi connectivity index (χ1v) is 11.3. The van der Waals surface area contributed by atoms with Crippen LogP contribution in [-0.4, -0.2) is 28.7 Å². The summed E-state index contributed by atoms with van der Waals surface area (Å²) in [6.45, 7) is 0. The highest BCUT2D eigenvalue weighted by Gasteiger charge is 2.61. The molecule has 148 valence electrons. The standard InChI is InChI=1S/C22H25BrN2O3/c23-15-5-7-16(8-6-15)24-20(26)12-3-9-17(10-4-12)25-21(27)18-13-1-2-14(11-13)19(18)22(25)28/h5-8,12-14,17-19H,1-4,9-11H2,(H,24,26)/t12?,13-,14-,17?,18+,19+/m0/s1. The van der Waals surface area contributed by atoms with Gasteiger partial charge in [-0.15, -0.1) is 0 Å². The maximum absolute atomic E-state index is 13.0. The first-order valence-electron chi connectivity index (χ1n) is 10.5. The van der Waals surface area contributed by atoms with Crippen LogP contribution in [0.3, 0.4) is 0 Å². The first-order chi connectivity index (χ1) is 13.5. The summed E-state index contributed by atoms with van der Waals surface area (Å²) in [6, 6.07) is 7.55. The average Bonchev–Trinajstić information content (AvgIpc) is 3.38. The molecule has 3 saturated carbocycles. The number of amides is 3. The molecule has 5 nitrogen and oxygen atoms in total. The van der Waals surface area contributed by atoms with E-state index in [4.69, 9.17) is 0 Å². The Morgan fingerprint density at radius 2 is 1.46 bits per heavy atom. The minimum atomic E-state index is -0.0524. The second kappa shape index (κ2) is 6.97. The average molecular weight is 445 g/mol. The number of halogens is 1. The molecule has 1 aliphatic heterocycles. The number of carbonyl (C=O) groups is 3. The van der Waals surface area contributed by atoms with E-state index in [1.165, 1.54) is 0 Å². The number of fused-ring (bicyclic) bond motifs is 5. The van der Waals surface area contributed by atoms with Crippen molar-refractivity contribution in [3.63, 3.8) is 0 Å². The molecule has 28 heavy (non-hydrogen) atoms. The molecule has 0 radical (unpaired) electrons. The molecule has 4 aliphatic rings. The van der Waals surface area contributed by atoms with E-state index >= 15 is 0 Å². The molecule has 0 unspecified atom stereocenters. The van der Waals surface area contributed by atoms with Gasteiger partial charge < -0.3 is 5.32 Å². The summed E-state index contributed by atoms with van der Waals surface area (Å²) in [7, 11) is 0. The Morgan fingerprint density at radius 3 is 2.04 bits per heavy atom. The zero-order valence-electron chi connectivity index (χ0n) is 15.8. The van der Waals surface area contributed by atoms with Gasteiger partial charge in [-0.05, 0) is 81.0 Å². The number of hydrogen-bond acceptors (Lipinski definition) is 3. The maximum Gasteiger partial charge on any atom is 0.233 e. The van der Waals surface area contributed by atoms with E-state index < -0.39 is 0 Å². The quantitative estimate of drug-likeness (QED) is 0.716. The number of nitrogens with one attached hydrogen (secondary N) is 1. The number of likely N-dealkylation sites (tertiary alicyclic amines) is 1. The van der Waals surface area contributed by atoms with E-state index in [0.717, 1.165) is 55.1 Å². The van der Waals surface area contributed by atoms with Crippen LogP contribution in [0.4, 0.5) is 5.69 Å². The summed E-state index contributed by atoms with van der Waals surface area (Å²) in [5, 5.41) is 2.99. The fourth-order valence-electron chi connectivity index (χ4n) is 6.17. The predicted octanol–water partition coefficient (Wildman–Crippen LogP) is 3.98. The lowest BCUT2D eigenvalue weighted by Gasteiger charge is -2.33. The van der Waals surface area contributed by atoms with Crippen LogP contribution in [0.25, 0.3) is 0 Å². The number of hydrogen-bond donors (Lipinski definition) is 1. The second-order valence-corrected chi connectivity index (χ2v) is 9.85. The van der Waals surface area contributed by atoms with Crippen LogP contribution in [-0.2, 0) is 14.4 Å². The van der Waals surface area contributed by atoms with Crippen molar-refractivity contribution in [1.82, 2.24) is 4.90 Å². The summed E-state index contributed by atoms with van der Waals surface area (Å²) in [5.41, 5.74) is 0.795. The summed E-state index contributed by atoms with van der Waals surface area (Å²) in [6.07, 6.45) is 6.24. The van der Waals surface area contributed by atoms with Crippen LogP contribution in [0.5, 0.6) is 0 Å². The molecule has 5 rings (SSSR count). The minimum absolute atomic E-state index is 0.0123. The van der Waals surface area contributed by atoms with Crippen molar-refractivity contribution in [3.05, 3.63) is 28.7 Å². The molecule has 4 fully saturated rings. The third-order valence-corrected chi connectivity index (χ3v) is 8.03. The van der Waals surface area contributed by atoms with Gasteiger partial charge in [0.15, 0.2) is 0 Å². The van der Waals surface area contributed by atoms with Crippen molar-refractivity contribution in [2.75, 3.05) is 5.32 Å². The number of imide groups is 1. The monoisotopic (exact) mass is 444 g/mol. The molecule has 0 aromatic heterocycles. The fourth-order valence-corrected chi connectivity index (χ4v) is 6.43. The zero-order chi connectivity index (χ0) is 19.4. The van der Waals surface area contributed by atoms with Crippen molar-refractivity contribution in [1.29, 1.82) is 0 Å². The molecule has 6 heteroatoms.